The van der Waals surface area contributed by atoms with Gasteiger partial charge in [0, 0.05) is 10.9 Å². The minimum absolute atomic E-state index is 0. The van der Waals surface area contributed by atoms with Crippen LogP contribution in [0.2, 0.25) is 5.02 Å². The Kier molecular flexibility index (Phi) is 6.75. The van der Waals surface area contributed by atoms with Gasteiger partial charge in [-0.3, -0.25) is 9.59 Å². The van der Waals surface area contributed by atoms with Gasteiger partial charge in [-0.15, -0.1) is 0 Å². The van der Waals surface area contributed by atoms with Crippen LogP contribution in [0, 0.1) is 5.92 Å². The minimum Gasteiger partial charge on any atom is -1.00 e. The van der Waals surface area contributed by atoms with E-state index in [4.69, 9.17) is 16.0 Å². The van der Waals surface area contributed by atoms with Crippen molar-refractivity contribution in [3.63, 3.8) is 0 Å². The van der Waals surface area contributed by atoms with Crippen LogP contribution in [0.15, 0.2) is 38.8 Å². The van der Waals surface area contributed by atoms with Crippen molar-refractivity contribution < 1.29 is 27.4 Å². The Morgan fingerprint density at radius 1 is 1.43 bits per heavy atom. The van der Waals surface area contributed by atoms with Crippen LogP contribution in [-0.2, 0) is 4.79 Å². The SMILES string of the molecule is CC(C)[C@H]([NH3+])C(=O)NN=Cc1coc2ccc(Cl)cc2c1=O.[Cl-]. The van der Waals surface area contributed by atoms with Crippen LogP contribution < -0.4 is 29.0 Å². The number of hydrogen-bond donors (Lipinski definition) is 2. The summed E-state index contributed by atoms with van der Waals surface area (Å²) in [6.07, 6.45) is 2.54. The average Bonchev–Trinajstić information content (AvgIpc) is 2.49. The molecule has 0 aliphatic heterocycles. The van der Waals surface area contributed by atoms with Crippen molar-refractivity contribution in [2.24, 2.45) is 11.0 Å². The van der Waals surface area contributed by atoms with Crippen molar-refractivity contribution in [2.75, 3.05) is 0 Å². The summed E-state index contributed by atoms with van der Waals surface area (Å²) in [5.74, 6) is -0.206. The second kappa shape index (κ2) is 8.10. The van der Waals surface area contributed by atoms with E-state index >= 15 is 0 Å². The van der Waals surface area contributed by atoms with Gasteiger partial charge in [-0.25, -0.2) is 5.43 Å². The van der Waals surface area contributed by atoms with E-state index in [2.05, 4.69) is 16.3 Å². The lowest BCUT2D eigenvalue weighted by Crippen LogP contribution is -3.00. The van der Waals surface area contributed by atoms with E-state index in [1.165, 1.54) is 18.5 Å². The fourth-order valence-corrected chi connectivity index (χ4v) is 1.93. The number of quaternary nitrogens is 1. The standard InChI is InChI=1S/C15H16ClN3O3.ClH/c1-8(2)13(17)15(21)19-18-6-9-7-22-12-4-3-10(16)5-11(12)14(9)20;/h3-8,13H,17H2,1-2H3,(H,19,21);1H/t13-;/m0./s1. The highest BCUT2D eigenvalue weighted by molar-refractivity contribution is 6.31. The number of halogens is 2. The largest absolute Gasteiger partial charge is 1.00 e. The summed E-state index contributed by atoms with van der Waals surface area (Å²) in [6, 6.07) is 4.38. The highest BCUT2D eigenvalue weighted by Crippen LogP contribution is 2.16. The Balaban J connectivity index is 0.00000264. The van der Waals surface area contributed by atoms with Gasteiger partial charge in [-0.05, 0) is 18.2 Å². The number of nitrogens with zero attached hydrogens (tertiary/aromatic N) is 1. The van der Waals surface area contributed by atoms with Gasteiger partial charge >= 0.3 is 0 Å². The molecule has 23 heavy (non-hydrogen) atoms. The number of carbonyl (C=O) groups is 1. The number of amides is 1. The molecule has 0 aliphatic rings. The molecule has 0 radical (unpaired) electrons. The van der Waals surface area contributed by atoms with Crippen molar-refractivity contribution in [1.82, 2.24) is 5.43 Å². The van der Waals surface area contributed by atoms with E-state index in [1.54, 1.807) is 12.1 Å². The molecular formula is C15H17Cl2N3O3. The topological polar surface area (TPSA) is 99.3 Å². The number of carbonyl (C=O) groups excluding carboxylic acids is 1. The van der Waals surface area contributed by atoms with Crippen molar-refractivity contribution in [2.45, 2.75) is 19.9 Å². The predicted molar refractivity (Wildman–Crippen MR) is 84.7 cm³/mol. The lowest BCUT2D eigenvalue weighted by Gasteiger charge is -2.09. The molecule has 0 bridgehead atoms. The zero-order valence-corrected chi connectivity index (χ0v) is 14.2. The molecule has 0 saturated carbocycles. The van der Waals surface area contributed by atoms with Crippen LogP contribution in [0.5, 0.6) is 0 Å². The molecule has 4 N–H and O–H groups in total. The minimum atomic E-state index is -0.413. The van der Waals surface area contributed by atoms with E-state index in [1.807, 2.05) is 13.8 Å². The van der Waals surface area contributed by atoms with Crippen LogP contribution >= 0.6 is 11.6 Å². The van der Waals surface area contributed by atoms with Crippen LogP contribution in [0.4, 0.5) is 0 Å². The van der Waals surface area contributed by atoms with Gasteiger partial charge < -0.3 is 22.6 Å². The lowest BCUT2D eigenvalue weighted by atomic mass is 10.1. The molecule has 2 aromatic rings. The number of benzene rings is 1. The van der Waals surface area contributed by atoms with Gasteiger partial charge in [0.25, 0.3) is 5.91 Å². The summed E-state index contributed by atoms with van der Waals surface area (Å²) in [6.45, 7) is 3.78. The monoisotopic (exact) mass is 357 g/mol. The maximum absolute atomic E-state index is 12.3. The maximum Gasteiger partial charge on any atom is 0.298 e. The lowest BCUT2D eigenvalue weighted by molar-refractivity contribution is -0.414. The Hall–Kier alpha value is -1.89. The van der Waals surface area contributed by atoms with Gasteiger partial charge in [0.2, 0.25) is 5.43 Å². The first-order valence-electron chi connectivity index (χ1n) is 6.77. The molecule has 0 saturated heterocycles. The number of hydrogen-bond acceptors (Lipinski definition) is 4. The van der Waals surface area contributed by atoms with Gasteiger partial charge in [0.05, 0.1) is 17.2 Å². The third kappa shape index (κ3) is 4.54. The first-order valence-corrected chi connectivity index (χ1v) is 7.15. The second-order valence-electron chi connectivity index (χ2n) is 5.25. The number of nitrogens with one attached hydrogen (secondary N) is 1. The molecule has 8 heteroatoms. The molecule has 1 heterocycles. The first kappa shape index (κ1) is 19.2. The van der Waals surface area contributed by atoms with Crippen molar-refractivity contribution >= 4 is 34.7 Å². The predicted octanol–water partition coefficient (Wildman–Crippen LogP) is -1.83. The Morgan fingerprint density at radius 3 is 2.78 bits per heavy atom. The van der Waals surface area contributed by atoms with Crippen LogP contribution in [-0.4, -0.2) is 18.2 Å². The quantitative estimate of drug-likeness (QED) is 0.497. The third-order valence-corrected chi connectivity index (χ3v) is 3.52. The van der Waals surface area contributed by atoms with Gasteiger partial charge in [-0.2, -0.15) is 5.10 Å². The smallest absolute Gasteiger partial charge is 0.298 e. The average molecular weight is 358 g/mol. The molecule has 6 nitrogen and oxygen atoms in total. The molecule has 1 amide bonds. The number of hydrazone groups is 1. The Morgan fingerprint density at radius 2 is 2.13 bits per heavy atom. The molecule has 0 spiro atoms. The van der Waals surface area contributed by atoms with Crippen molar-refractivity contribution in [3.05, 3.63) is 45.3 Å². The fourth-order valence-electron chi connectivity index (χ4n) is 1.76. The molecule has 1 atom stereocenters. The third-order valence-electron chi connectivity index (χ3n) is 3.28. The highest BCUT2D eigenvalue weighted by atomic mass is 35.5. The summed E-state index contributed by atoms with van der Waals surface area (Å²) in [7, 11) is 0. The molecule has 124 valence electrons. The molecular weight excluding hydrogens is 341 g/mol. The molecule has 0 fully saturated rings. The first-order chi connectivity index (χ1) is 10.4. The molecule has 2 rings (SSSR count). The summed E-state index contributed by atoms with van der Waals surface area (Å²) < 4.78 is 5.35. The van der Waals surface area contributed by atoms with E-state index in [-0.39, 0.29) is 35.2 Å². The van der Waals surface area contributed by atoms with Crippen molar-refractivity contribution in [1.29, 1.82) is 0 Å². The van der Waals surface area contributed by atoms with E-state index < -0.39 is 6.04 Å². The van der Waals surface area contributed by atoms with E-state index in [0.29, 0.717) is 16.0 Å². The summed E-state index contributed by atoms with van der Waals surface area (Å²) >= 11 is 5.88. The Labute approximate surface area is 144 Å². The van der Waals surface area contributed by atoms with Crippen LogP contribution in [0.1, 0.15) is 19.4 Å². The fraction of sp³-hybridized carbons (Fsp3) is 0.267. The normalized spacial score (nSPS) is 12.4. The summed E-state index contributed by atoms with van der Waals surface area (Å²) in [5, 5.41) is 4.58. The van der Waals surface area contributed by atoms with Crippen molar-refractivity contribution in [3.8, 4) is 0 Å². The summed E-state index contributed by atoms with van der Waals surface area (Å²) in [4.78, 5) is 24.0. The number of rotatable bonds is 4. The molecule has 1 aromatic carbocycles. The van der Waals surface area contributed by atoms with E-state index in [9.17, 15) is 9.59 Å². The molecule has 1 aromatic heterocycles. The molecule has 0 aliphatic carbocycles. The Bertz CT molecular complexity index is 787. The second-order valence-corrected chi connectivity index (χ2v) is 5.68. The van der Waals surface area contributed by atoms with Gasteiger partial charge in [0.15, 0.2) is 6.04 Å². The highest BCUT2D eigenvalue weighted by Gasteiger charge is 2.20. The van der Waals surface area contributed by atoms with Gasteiger partial charge in [0.1, 0.15) is 11.8 Å². The number of fused-ring (bicyclic) bond motifs is 1. The maximum atomic E-state index is 12.3. The molecule has 0 unspecified atom stereocenters. The van der Waals surface area contributed by atoms with Gasteiger partial charge in [-0.1, -0.05) is 25.4 Å². The van der Waals surface area contributed by atoms with Crippen LogP contribution in [0.25, 0.3) is 11.0 Å². The van der Waals surface area contributed by atoms with Crippen LogP contribution in [0.3, 0.4) is 0 Å². The zero-order chi connectivity index (χ0) is 16.3. The zero-order valence-electron chi connectivity index (χ0n) is 12.7. The van der Waals surface area contributed by atoms with E-state index in [0.717, 1.165) is 0 Å². The summed E-state index contributed by atoms with van der Waals surface area (Å²) in [5.41, 5.74) is 6.50.